The Kier molecular flexibility index (Phi) is 4.41. The average molecular weight is 313 g/mol. The second-order valence-corrected chi connectivity index (χ2v) is 6.25. The first-order valence-corrected chi connectivity index (χ1v) is 8.16. The van der Waals surface area contributed by atoms with Crippen LogP contribution in [0.15, 0.2) is 18.3 Å². The Labute approximate surface area is 136 Å². The molecule has 3 rings (SSSR count). The van der Waals surface area contributed by atoms with Crippen molar-refractivity contribution in [3.8, 4) is 0 Å². The summed E-state index contributed by atoms with van der Waals surface area (Å²) >= 11 is 0. The van der Waals surface area contributed by atoms with E-state index in [9.17, 15) is 4.79 Å². The van der Waals surface area contributed by atoms with Crippen molar-refractivity contribution in [3.63, 3.8) is 0 Å². The molecule has 2 aromatic heterocycles. The number of amides is 1. The number of carbonyl (C=O) groups excluding carboxylic acids is 1. The van der Waals surface area contributed by atoms with Crippen molar-refractivity contribution < 1.29 is 4.79 Å². The van der Waals surface area contributed by atoms with Gasteiger partial charge in [0.2, 0.25) is 0 Å². The third-order valence-corrected chi connectivity index (χ3v) is 4.37. The van der Waals surface area contributed by atoms with Crippen LogP contribution in [0.3, 0.4) is 0 Å². The molecule has 0 saturated carbocycles. The lowest BCUT2D eigenvalue weighted by molar-refractivity contribution is 0.0576. The summed E-state index contributed by atoms with van der Waals surface area (Å²) in [5.74, 6) is 0.629. The Morgan fingerprint density at radius 3 is 2.83 bits per heavy atom. The van der Waals surface area contributed by atoms with Gasteiger partial charge in [-0.2, -0.15) is 5.10 Å². The van der Waals surface area contributed by atoms with Gasteiger partial charge in [-0.25, -0.2) is 9.97 Å². The van der Waals surface area contributed by atoms with Crippen LogP contribution in [-0.2, 0) is 6.54 Å². The zero-order chi connectivity index (χ0) is 16.4. The number of likely N-dealkylation sites (tertiary alicyclic amines) is 1. The molecule has 6 heteroatoms. The molecule has 1 fully saturated rings. The molecule has 122 valence electrons. The molecule has 0 spiro atoms. The van der Waals surface area contributed by atoms with Gasteiger partial charge in [0, 0.05) is 18.4 Å². The summed E-state index contributed by atoms with van der Waals surface area (Å²) in [4.78, 5) is 23.2. The molecule has 6 nitrogen and oxygen atoms in total. The average Bonchev–Trinajstić information content (AvgIpc) is 2.85. The molecule has 0 aliphatic carbocycles. The van der Waals surface area contributed by atoms with Crippen LogP contribution in [0.5, 0.6) is 0 Å². The Balaban J connectivity index is 1.81. The molecule has 1 atom stereocenters. The lowest BCUT2D eigenvalue weighted by Gasteiger charge is -2.35. The lowest BCUT2D eigenvalue weighted by atomic mass is 10.0. The van der Waals surface area contributed by atoms with Gasteiger partial charge in [0.1, 0.15) is 11.5 Å². The summed E-state index contributed by atoms with van der Waals surface area (Å²) in [7, 11) is 0. The van der Waals surface area contributed by atoms with Gasteiger partial charge in [-0.15, -0.1) is 0 Å². The van der Waals surface area contributed by atoms with E-state index in [2.05, 4.69) is 28.1 Å². The van der Waals surface area contributed by atoms with Crippen LogP contribution in [0.2, 0.25) is 0 Å². The fourth-order valence-corrected chi connectivity index (χ4v) is 3.24. The number of aromatic nitrogens is 4. The molecular weight excluding hydrogens is 290 g/mol. The summed E-state index contributed by atoms with van der Waals surface area (Å²) in [6, 6.07) is 3.94. The highest BCUT2D eigenvalue weighted by Crippen LogP contribution is 2.21. The van der Waals surface area contributed by atoms with E-state index in [1.165, 1.54) is 0 Å². The first-order chi connectivity index (χ1) is 11.0. The van der Waals surface area contributed by atoms with Crippen molar-refractivity contribution in [1.82, 2.24) is 24.6 Å². The third-order valence-electron chi connectivity index (χ3n) is 4.37. The van der Waals surface area contributed by atoms with Gasteiger partial charge in [0.05, 0.1) is 18.3 Å². The highest BCUT2D eigenvalue weighted by atomic mass is 16.2. The van der Waals surface area contributed by atoms with Crippen LogP contribution in [-0.4, -0.2) is 43.1 Å². The van der Waals surface area contributed by atoms with E-state index in [4.69, 9.17) is 0 Å². The van der Waals surface area contributed by atoms with Crippen LogP contribution < -0.4 is 0 Å². The van der Waals surface area contributed by atoms with Gasteiger partial charge < -0.3 is 4.90 Å². The summed E-state index contributed by atoms with van der Waals surface area (Å²) < 4.78 is 2.01. The first kappa shape index (κ1) is 15.6. The minimum atomic E-state index is 0.00160. The smallest absolute Gasteiger partial charge is 0.272 e. The highest BCUT2D eigenvalue weighted by molar-refractivity contribution is 5.92. The number of hydrogen-bond donors (Lipinski definition) is 0. The van der Waals surface area contributed by atoms with Crippen molar-refractivity contribution in [2.75, 3.05) is 6.54 Å². The Morgan fingerprint density at radius 1 is 1.30 bits per heavy atom. The normalized spacial score (nSPS) is 18.2. The van der Waals surface area contributed by atoms with Crippen molar-refractivity contribution >= 4 is 5.91 Å². The summed E-state index contributed by atoms with van der Waals surface area (Å²) in [6.07, 6.45) is 4.85. The number of rotatable bonds is 3. The molecule has 0 N–H and O–H groups in total. The molecule has 1 aliphatic rings. The van der Waals surface area contributed by atoms with Gasteiger partial charge in [0.25, 0.3) is 5.91 Å². The highest BCUT2D eigenvalue weighted by Gasteiger charge is 2.29. The molecule has 0 aromatic carbocycles. The zero-order valence-corrected chi connectivity index (χ0v) is 14.0. The van der Waals surface area contributed by atoms with E-state index >= 15 is 0 Å². The second kappa shape index (κ2) is 6.48. The van der Waals surface area contributed by atoms with Crippen LogP contribution in [0.1, 0.15) is 47.0 Å². The molecule has 0 bridgehead atoms. The monoisotopic (exact) mass is 313 g/mol. The molecule has 0 unspecified atom stereocenters. The van der Waals surface area contributed by atoms with Gasteiger partial charge in [-0.3, -0.25) is 9.48 Å². The van der Waals surface area contributed by atoms with E-state index in [1.807, 2.05) is 16.5 Å². The fraction of sp³-hybridized carbons (Fsp3) is 0.529. The van der Waals surface area contributed by atoms with Crippen LogP contribution in [0.25, 0.3) is 0 Å². The maximum atomic E-state index is 12.8. The first-order valence-electron chi connectivity index (χ1n) is 8.16. The SMILES string of the molecule is Cc1cc(C)n(C[C@@H]2CCCCN2C(=O)c2ccnc(C)n2)n1. The van der Waals surface area contributed by atoms with Crippen LogP contribution in [0, 0.1) is 20.8 Å². The maximum Gasteiger partial charge on any atom is 0.272 e. The predicted molar refractivity (Wildman–Crippen MR) is 87.1 cm³/mol. The van der Waals surface area contributed by atoms with E-state index in [0.717, 1.165) is 43.7 Å². The minimum Gasteiger partial charge on any atom is -0.332 e. The molecule has 1 aliphatic heterocycles. The van der Waals surface area contributed by atoms with Gasteiger partial charge >= 0.3 is 0 Å². The zero-order valence-electron chi connectivity index (χ0n) is 14.0. The number of piperidine rings is 1. The Morgan fingerprint density at radius 2 is 2.13 bits per heavy atom. The number of hydrogen-bond acceptors (Lipinski definition) is 4. The molecular formula is C17H23N5O. The maximum absolute atomic E-state index is 12.8. The third kappa shape index (κ3) is 3.41. The van der Waals surface area contributed by atoms with Gasteiger partial charge in [-0.05, 0) is 52.2 Å². The minimum absolute atomic E-state index is 0.00160. The van der Waals surface area contributed by atoms with Gasteiger partial charge in [-0.1, -0.05) is 0 Å². The van der Waals surface area contributed by atoms with Crippen molar-refractivity contribution in [2.24, 2.45) is 0 Å². The standard InChI is InChI=1S/C17H23N5O/c1-12-10-13(2)22(20-12)11-15-6-4-5-9-21(15)17(23)16-7-8-18-14(3)19-16/h7-8,10,15H,4-6,9,11H2,1-3H3/t15-/m0/s1. The Hall–Kier alpha value is -2.24. The van der Waals surface area contributed by atoms with E-state index in [-0.39, 0.29) is 11.9 Å². The van der Waals surface area contributed by atoms with Crippen LogP contribution in [0.4, 0.5) is 0 Å². The van der Waals surface area contributed by atoms with Gasteiger partial charge in [0.15, 0.2) is 0 Å². The second-order valence-electron chi connectivity index (χ2n) is 6.25. The topological polar surface area (TPSA) is 63.9 Å². The number of aryl methyl sites for hydroxylation is 3. The number of carbonyl (C=O) groups is 1. The molecule has 1 amide bonds. The van der Waals surface area contributed by atoms with Crippen molar-refractivity contribution in [3.05, 3.63) is 41.2 Å². The van der Waals surface area contributed by atoms with Crippen LogP contribution >= 0.6 is 0 Å². The van der Waals surface area contributed by atoms with E-state index < -0.39 is 0 Å². The quantitative estimate of drug-likeness (QED) is 0.872. The van der Waals surface area contributed by atoms with Crippen molar-refractivity contribution in [1.29, 1.82) is 0 Å². The van der Waals surface area contributed by atoms with E-state index in [0.29, 0.717) is 11.5 Å². The molecule has 1 saturated heterocycles. The van der Waals surface area contributed by atoms with Crippen molar-refractivity contribution in [2.45, 2.75) is 52.6 Å². The summed E-state index contributed by atoms with van der Waals surface area (Å²) in [5.41, 5.74) is 2.64. The summed E-state index contributed by atoms with van der Waals surface area (Å²) in [6.45, 7) is 7.39. The molecule has 2 aromatic rings. The largest absolute Gasteiger partial charge is 0.332 e. The lowest BCUT2D eigenvalue weighted by Crippen LogP contribution is -2.46. The fourth-order valence-electron chi connectivity index (χ4n) is 3.24. The number of nitrogens with zero attached hydrogens (tertiary/aromatic N) is 5. The predicted octanol–water partition coefficient (Wildman–Crippen LogP) is 2.29. The summed E-state index contributed by atoms with van der Waals surface area (Å²) in [5, 5.41) is 4.54. The Bertz CT molecular complexity index is 709. The molecule has 23 heavy (non-hydrogen) atoms. The van der Waals surface area contributed by atoms with E-state index in [1.54, 1.807) is 19.2 Å². The molecule has 0 radical (unpaired) electrons. The molecule has 3 heterocycles.